The molecule has 0 amide bonds. The highest BCUT2D eigenvalue weighted by molar-refractivity contribution is 7.26. The van der Waals surface area contributed by atoms with Gasteiger partial charge in [-0.05, 0) is 42.5 Å². The molecule has 4 aromatic carbocycles. The number of hydrogen-bond acceptors (Lipinski definition) is 3. The van der Waals surface area contributed by atoms with Crippen LogP contribution in [0.1, 0.15) is 0 Å². The molecule has 8 rings (SSSR count). The average Bonchev–Trinajstić information content (AvgIpc) is 3.53. The first-order valence-electron chi connectivity index (χ1n) is 11.0. The summed E-state index contributed by atoms with van der Waals surface area (Å²) >= 11 is 3.74. The molecule has 0 saturated carbocycles. The predicted octanol–water partition coefficient (Wildman–Crippen LogP) is 8.91. The van der Waals surface area contributed by atoms with Gasteiger partial charge in [0.1, 0.15) is 0 Å². The topological polar surface area (TPSA) is 17.8 Å². The van der Waals surface area contributed by atoms with Crippen LogP contribution in [0.5, 0.6) is 0 Å². The molecule has 0 aliphatic rings. The Morgan fingerprint density at radius 3 is 2.27 bits per heavy atom. The summed E-state index contributed by atoms with van der Waals surface area (Å²) in [6.45, 7) is 0. The number of pyridine rings is 1. The van der Waals surface area contributed by atoms with Crippen molar-refractivity contribution in [2.24, 2.45) is 0 Å². The summed E-state index contributed by atoms with van der Waals surface area (Å²) in [5, 5.41) is 6.48. The standard InChI is InChI=1S/C29H16N2S2/c1-3-12-23-17(7-1)18-9-5-10-22(29(18)33-23)31-21-11-6-16-30-27(21)20-14-15-25-26(28(20)31)19-8-2-4-13-24(19)32-25/h1-16H. The Morgan fingerprint density at radius 2 is 1.36 bits per heavy atom. The molecule has 0 radical (unpaired) electrons. The minimum Gasteiger partial charge on any atom is -0.305 e. The molecule has 4 heterocycles. The Balaban J connectivity index is 1.66. The van der Waals surface area contributed by atoms with Crippen LogP contribution in [0, 0.1) is 0 Å². The van der Waals surface area contributed by atoms with Crippen molar-refractivity contribution in [3.8, 4) is 5.69 Å². The first-order chi connectivity index (χ1) is 16.4. The van der Waals surface area contributed by atoms with E-state index in [0.717, 1.165) is 11.0 Å². The van der Waals surface area contributed by atoms with Gasteiger partial charge in [-0.2, -0.15) is 0 Å². The molecule has 8 aromatic rings. The summed E-state index contributed by atoms with van der Waals surface area (Å²) in [6, 6.07) is 32.9. The quantitative estimate of drug-likeness (QED) is 0.241. The maximum Gasteiger partial charge on any atom is 0.0963 e. The van der Waals surface area contributed by atoms with Gasteiger partial charge in [0.15, 0.2) is 0 Å². The second-order valence-corrected chi connectivity index (χ2v) is 10.5. The van der Waals surface area contributed by atoms with Gasteiger partial charge in [0, 0.05) is 47.2 Å². The third-order valence-corrected chi connectivity index (χ3v) is 8.99. The molecular weight excluding hydrogens is 440 g/mol. The van der Waals surface area contributed by atoms with E-state index in [4.69, 9.17) is 4.98 Å². The van der Waals surface area contributed by atoms with Crippen LogP contribution in [0.15, 0.2) is 97.2 Å². The third-order valence-electron chi connectivity index (χ3n) is 6.65. The first kappa shape index (κ1) is 17.8. The molecule has 154 valence electrons. The van der Waals surface area contributed by atoms with Crippen molar-refractivity contribution in [1.82, 2.24) is 9.55 Å². The number of nitrogens with zero attached hydrogens (tertiary/aromatic N) is 2. The molecule has 0 atom stereocenters. The molecule has 0 N–H and O–H groups in total. The van der Waals surface area contributed by atoms with E-state index in [1.165, 1.54) is 56.9 Å². The molecule has 0 unspecified atom stereocenters. The highest BCUT2D eigenvalue weighted by Crippen LogP contribution is 2.44. The van der Waals surface area contributed by atoms with Gasteiger partial charge in [0.2, 0.25) is 0 Å². The van der Waals surface area contributed by atoms with Crippen LogP contribution >= 0.6 is 22.7 Å². The lowest BCUT2D eigenvalue weighted by molar-refractivity contribution is 1.20. The maximum atomic E-state index is 4.84. The summed E-state index contributed by atoms with van der Waals surface area (Å²) in [4.78, 5) is 4.84. The maximum absolute atomic E-state index is 4.84. The molecule has 0 saturated heterocycles. The highest BCUT2D eigenvalue weighted by Gasteiger charge is 2.20. The van der Waals surface area contributed by atoms with Crippen LogP contribution in [-0.4, -0.2) is 9.55 Å². The van der Waals surface area contributed by atoms with Gasteiger partial charge >= 0.3 is 0 Å². The summed E-state index contributed by atoms with van der Waals surface area (Å²) in [5.41, 5.74) is 4.69. The first-order valence-corrected chi connectivity index (χ1v) is 12.6. The SMILES string of the molecule is c1ccc2c(c1)sc1c(-n3c4cccnc4c4ccc5sc6ccccc6c5c43)cccc12. The van der Waals surface area contributed by atoms with Gasteiger partial charge in [-0.25, -0.2) is 0 Å². The molecule has 0 aliphatic carbocycles. The molecule has 4 aromatic heterocycles. The fourth-order valence-electron chi connectivity index (χ4n) is 5.29. The van der Waals surface area contributed by atoms with Crippen LogP contribution in [-0.2, 0) is 0 Å². The smallest absolute Gasteiger partial charge is 0.0963 e. The van der Waals surface area contributed by atoms with E-state index in [1.54, 1.807) is 0 Å². The van der Waals surface area contributed by atoms with Crippen molar-refractivity contribution >= 4 is 85.0 Å². The van der Waals surface area contributed by atoms with E-state index in [2.05, 4.69) is 89.5 Å². The fourth-order valence-corrected chi connectivity index (χ4v) is 7.60. The summed E-state index contributed by atoms with van der Waals surface area (Å²) in [5.74, 6) is 0. The number of rotatable bonds is 1. The van der Waals surface area contributed by atoms with E-state index < -0.39 is 0 Å². The van der Waals surface area contributed by atoms with E-state index in [9.17, 15) is 0 Å². The molecule has 2 nitrogen and oxygen atoms in total. The molecule has 4 heteroatoms. The van der Waals surface area contributed by atoms with Gasteiger partial charge in [0.05, 0.1) is 26.9 Å². The molecule has 33 heavy (non-hydrogen) atoms. The summed E-state index contributed by atoms with van der Waals surface area (Å²) in [7, 11) is 0. The second kappa shape index (κ2) is 6.41. The van der Waals surface area contributed by atoms with Gasteiger partial charge in [0.25, 0.3) is 0 Å². The van der Waals surface area contributed by atoms with Crippen molar-refractivity contribution in [3.63, 3.8) is 0 Å². The Morgan fingerprint density at radius 1 is 0.576 bits per heavy atom. The van der Waals surface area contributed by atoms with Crippen molar-refractivity contribution < 1.29 is 0 Å². The van der Waals surface area contributed by atoms with Crippen LogP contribution in [0.4, 0.5) is 0 Å². The number of fused-ring (bicyclic) bond motifs is 10. The summed E-state index contributed by atoms with van der Waals surface area (Å²) in [6.07, 6.45) is 1.90. The van der Waals surface area contributed by atoms with Crippen LogP contribution < -0.4 is 0 Å². The minimum atomic E-state index is 1.06. The van der Waals surface area contributed by atoms with Crippen LogP contribution in [0.25, 0.3) is 68.0 Å². The molecule has 0 spiro atoms. The van der Waals surface area contributed by atoms with Crippen LogP contribution in [0.3, 0.4) is 0 Å². The summed E-state index contributed by atoms with van der Waals surface area (Å²) < 4.78 is 7.74. The van der Waals surface area contributed by atoms with E-state index >= 15 is 0 Å². The molecular formula is C29H16N2S2. The number of benzene rings is 4. The van der Waals surface area contributed by atoms with E-state index in [0.29, 0.717) is 0 Å². The predicted molar refractivity (Wildman–Crippen MR) is 144 cm³/mol. The van der Waals surface area contributed by atoms with Gasteiger partial charge in [-0.3, -0.25) is 4.98 Å². The number of hydrogen-bond donors (Lipinski definition) is 0. The second-order valence-electron chi connectivity index (χ2n) is 8.39. The fraction of sp³-hybridized carbons (Fsp3) is 0. The lowest BCUT2D eigenvalue weighted by Crippen LogP contribution is -1.94. The average molecular weight is 457 g/mol. The largest absolute Gasteiger partial charge is 0.305 e. The van der Waals surface area contributed by atoms with Gasteiger partial charge in [-0.15, -0.1) is 22.7 Å². The van der Waals surface area contributed by atoms with Crippen LogP contribution in [0.2, 0.25) is 0 Å². The zero-order valence-electron chi connectivity index (χ0n) is 17.4. The van der Waals surface area contributed by atoms with Crippen molar-refractivity contribution in [2.75, 3.05) is 0 Å². The molecule has 0 aliphatic heterocycles. The molecule has 0 fully saturated rings. The highest BCUT2D eigenvalue weighted by atomic mass is 32.1. The normalized spacial score (nSPS) is 12.2. The number of aromatic nitrogens is 2. The Labute approximate surface area is 196 Å². The van der Waals surface area contributed by atoms with Gasteiger partial charge < -0.3 is 4.57 Å². The van der Waals surface area contributed by atoms with E-state index in [-0.39, 0.29) is 0 Å². The van der Waals surface area contributed by atoms with Crippen molar-refractivity contribution in [1.29, 1.82) is 0 Å². The lowest BCUT2D eigenvalue weighted by Gasteiger charge is -2.10. The van der Waals surface area contributed by atoms with E-state index in [1.807, 2.05) is 34.9 Å². The van der Waals surface area contributed by atoms with Crippen molar-refractivity contribution in [3.05, 3.63) is 97.2 Å². The zero-order valence-corrected chi connectivity index (χ0v) is 19.1. The Bertz CT molecular complexity index is 2040. The lowest BCUT2D eigenvalue weighted by atomic mass is 10.1. The number of thiophene rings is 2. The Kier molecular flexibility index (Phi) is 3.45. The molecule has 0 bridgehead atoms. The Hall–Kier alpha value is -3.73. The minimum absolute atomic E-state index is 1.06. The van der Waals surface area contributed by atoms with Gasteiger partial charge in [-0.1, -0.05) is 48.5 Å². The third kappa shape index (κ3) is 2.29. The monoisotopic (exact) mass is 456 g/mol. The van der Waals surface area contributed by atoms with Crippen molar-refractivity contribution in [2.45, 2.75) is 0 Å². The zero-order chi connectivity index (χ0) is 21.5.